The van der Waals surface area contributed by atoms with Crippen molar-refractivity contribution in [1.82, 2.24) is 4.31 Å². The minimum atomic E-state index is -3.42. The van der Waals surface area contributed by atoms with Gasteiger partial charge in [0.1, 0.15) is 0 Å². The van der Waals surface area contributed by atoms with E-state index in [-0.39, 0.29) is 18.4 Å². The summed E-state index contributed by atoms with van der Waals surface area (Å²) >= 11 is 5.82. The van der Waals surface area contributed by atoms with Gasteiger partial charge in [-0.1, -0.05) is 18.0 Å². The first-order valence-electron chi connectivity index (χ1n) is 7.00. The molecule has 2 aliphatic rings. The Bertz CT molecular complexity index is 591. The molecule has 3 unspecified atom stereocenters. The molecule has 2 N–H and O–H groups in total. The second kappa shape index (κ2) is 6.42. The first-order valence-corrected chi connectivity index (χ1v) is 8.81. The summed E-state index contributed by atoms with van der Waals surface area (Å²) in [7, 11) is -3.42. The van der Waals surface area contributed by atoms with E-state index in [4.69, 9.17) is 17.3 Å². The molecule has 0 spiro atoms. The zero-order valence-electron chi connectivity index (χ0n) is 11.6. The molecular weight excluding hydrogens is 331 g/mol. The Hall–Kier alpha value is -0.330. The van der Waals surface area contributed by atoms with Crippen LogP contribution < -0.4 is 5.73 Å². The summed E-state index contributed by atoms with van der Waals surface area (Å²) in [5.74, 6) is 0.728. The first kappa shape index (κ1) is 17.0. The third kappa shape index (κ3) is 3.22. The van der Waals surface area contributed by atoms with Gasteiger partial charge in [0.05, 0.1) is 4.90 Å². The minimum Gasteiger partial charge on any atom is -0.327 e. The third-order valence-electron chi connectivity index (χ3n) is 4.57. The van der Waals surface area contributed by atoms with Gasteiger partial charge in [-0.15, -0.1) is 12.4 Å². The van der Waals surface area contributed by atoms with Crippen LogP contribution in [0.2, 0.25) is 5.02 Å². The van der Waals surface area contributed by atoms with Gasteiger partial charge in [0.15, 0.2) is 0 Å². The fourth-order valence-corrected chi connectivity index (χ4v) is 5.09. The van der Waals surface area contributed by atoms with Crippen molar-refractivity contribution in [2.45, 2.75) is 30.2 Å². The predicted octanol–water partition coefficient (Wildman–Crippen LogP) is 2.51. The van der Waals surface area contributed by atoms with Crippen LogP contribution in [0.15, 0.2) is 29.2 Å². The van der Waals surface area contributed by atoms with E-state index in [2.05, 4.69) is 0 Å². The molecule has 1 aliphatic carbocycles. The van der Waals surface area contributed by atoms with E-state index < -0.39 is 10.0 Å². The molecule has 0 amide bonds. The normalized spacial score (nSPS) is 29.7. The third-order valence-corrected chi connectivity index (χ3v) is 6.67. The van der Waals surface area contributed by atoms with Gasteiger partial charge in [-0.05, 0) is 48.9 Å². The largest absolute Gasteiger partial charge is 0.327 e. The van der Waals surface area contributed by atoms with Crippen LogP contribution in [-0.2, 0) is 10.0 Å². The fraction of sp³-hybridized carbons (Fsp3) is 0.571. The molecule has 7 heteroatoms. The molecule has 1 saturated heterocycles. The highest BCUT2D eigenvalue weighted by Crippen LogP contribution is 2.37. The van der Waals surface area contributed by atoms with Gasteiger partial charge in [-0.3, -0.25) is 0 Å². The summed E-state index contributed by atoms with van der Waals surface area (Å²) in [6, 6.07) is 6.50. The van der Waals surface area contributed by atoms with Gasteiger partial charge in [-0.2, -0.15) is 4.31 Å². The molecule has 118 valence electrons. The maximum atomic E-state index is 12.6. The molecule has 21 heavy (non-hydrogen) atoms. The Balaban J connectivity index is 0.00000161. The molecule has 0 bridgehead atoms. The van der Waals surface area contributed by atoms with Gasteiger partial charge < -0.3 is 5.73 Å². The summed E-state index contributed by atoms with van der Waals surface area (Å²) in [6.45, 7) is 1.15. The molecular formula is C14H20Cl2N2O2S. The van der Waals surface area contributed by atoms with E-state index in [1.165, 1.54) is 0 Å². The number of nitrogens with two attached hydrogens (primary N) is 1. The standard InChI is InChI=1S/C14H19ClN2O2S.ClH/c15-11-4-6-12(7-5-11)20(18,19)17-8-10-2-1-3-14(16)13(10)9-17;/h4-7,10,13-14H,1-3,8-9,16H2;1H. The van der Waals surface area contributed by atoms with E-state index in [0.717, 1.165) is 19.3 Å². The molecule has 3 atom stereocenters. The van der Waals surface area contributed by atoms with Crippen molar-refractivity contribution in [3.8, 4) is 0 Å². The van der Waals surface area contributed by atoms with Crippen molar-refractivity contribution in [1.29, 1.82) is 0 Å². The lowest BCUT2D eigenvalue weighted by atomic mass is 9.78. The van der Waals surface area contributed by atoms with E-state index in [9.17, 15) is 8.42 Å². The summed E-state index contributed by atoms with van der Waals surface area (Å²) in [4.78, 5) is 0.314. The number of rotatable bonds is 2. The average molecular weight is 351 g/mol. The van der Waals surface area contributed by atoms with Crippen LogP contribution in [0, 0.1) is 11.8 Å². The SMILES string of the molecule is Cl.NC1CCCC2CN(S(=O)(=O)c3ccc(Cl)cc3)CC12. The molecule has 2 fully saturated rings. The van der Waals surface area contributed by atoms with Crippen molar-refractivity contribution in [2.75, 3.05) is 13.1 Å². The first-order chi connectivity index (χ1) is 9.48. The van der Waals surface area contributed by atoms with Gasteiger partial charge >= 0.3 is 0 Å². The zero-order valence-corrected chi connectivity index (χ0v) is 14.0. The number of hydrogen-bond donors (Lipinski definition) is 1. The van der Waals surface area contributed by atoms with Gasteiger partial charge in [0.25, 0.3) is 0 Å². The van der Waals surface area contributed by atoms with Crippen LogP contribution in [0.3, 0.4) is 0 Å². The lowest BCUT2D eigenvalue weighted by Crippen LogP contribution is -2.38. The summed E-state index contributed by atoms with van der Waals surface area (Å²) in [6.07, 6.45) is 3.21. The second-order valence-corrected chi connectivity index (χ2v) is 8.17. The minimum absolute atomic E-state index is 0. The van der Waals surface area contributed by atoms with Crippen LogP contribution in [-0.4, -0.2) is 31.9 Å². The number of fused-ring (bicyclic) bond motifs is 1. The number of benzene rings is 1. The van der Waals surface area contributed by atoms with Crippen molar-refractivity contribution >= 4 is 34.0 Å². The van der Waals surface area contributed by atoms with Crippen LogP contribution in [0.1, 0.15) is 19.3 Å². The lowest BCUT2D eigenvalue weighted by Gasteiger charge is -2.29. The highest BCUT2D eigenvalue weighted by Gasteiger charge is 2.43. The molecule has 1 aromatic rings. The Morgan fingerprint density at radius 1 is 1.14 bits per heavy atom. The molecule has 1 heterocycles. The molecule has 1 aliphatic heterocycles. The monoisotopic (exact) mass is 350 g/mol. The zero-order chi connectivity index (χ0) is 14.3. The van der Waals surface area contributed by atoms with Crippen molar-refractivity contribution in [3.05, 3.63) is 29.3 Å². The summed E-state index contributed by atoms with van der Waals surface area (Å²) in [5.41, 5.74) is 6.15. The van der Waals surface area contributed by atoms with E-state index in [1.807, 2.05) is 0 Å². The maximum absolute atomic E-state index is 12.6. The Labute approximate surface area is 137 Å². The Morgan fingerprint density at radius 3 is 2.43 bits per heavy atom. The predicted molar refractivity (Wildman–Crippen MR) is 86.3 cm³/mol. The number of sulfonamides is 1. The molecule has 1 aromatic carbocycles. The molecule has 0 radical (unpaired) electrons. The smallest absolute Gasteiger partial charge is 0.243 e. The fourth-order valence-electron chi connectivity index (χ4n) is 3.43. The lowest BCUT2D eigenvalue weighted by molar-refractivity contribution is 0.260. The Kier molecular flexibility index (Phi) is 5.21. The molecule has 0 aromatic heterocycles. The van der Waals surface area contributed by atoms with E-state index >= 15 is 0 Å². The summed E-state index contributed by atoms with van der Waals surface area (Å²) in [5, 5.41) is 0.543. The number of nitrogens with zero attached hydrogens (tertiary/aromatic N) is 1. The van der Waals surface area contributed by atoms with Crippen molar-refractivity contribution in [2.24, 2.45) is 17.6 Å². The van der Waals surface area contributed by atoms with Gasteiger partial charge in [0, 0.05) is 24.2 Å². The van der Waals surface area contributed by atoms with Gasteiger partial charge in [-0.25, -0.2) is 8.42 Å². The van der Waals surface area contributed by atoms with Crippen LogP contribution in [0.25, 0.3) is 0 Å². The second-order valence-electron chi connectivity index (χ2n) is 5.79. The molecule has 4 nitrogen and oxygen atoms in total. The Morgan fingerprint density at radius 2 is 1.81 bits per heavy atom. The van der Waals surface area contributed by atoms with E-state index in [1.54, 1.807) is 28.6 Å². The van der Waals surface area contributed by atoms with Crippen molar-refractivity contribution < 1.29 is 8.42 Å². The van der Waals surface area contributed by atoms with E-state index in [0.29, 0.717) is 34.8 Å². The van der Waals surface area contributed by atoms with Crippen LogP contribution in [0.4, 0.5) is 0 Å². The van der Waals surface area contributed by atoms with Crippen LogP contribution in [0.5, 0.6) is 0 Å². The molecule has 1 saturated carbocycles. The molecule has 3 rings (SSSR count). The average Bonchev–Trinajstić information content (AvgIpc) is 2.85. The highest BCUT2D eigenvalue weighted by atomic mass is 35.5. The quantitative estimate of drug-likeness (QED) is 0.891. The topological polar surface area (TPSA) is 63.4 Å². The summed E-state index contributed by atoms with van der Waals surface area (Å²) < 4.78 is 26.9. The highest BCUT2D eigenvalue weighted by molar-refractivity contribution is 7.89. The number of halogens is 2. The van der Waals surface area contributed by atoms with Crippen molar-refractivity contribution in [3.63, 3.8) is 0 Å². The maximum Gasteiger partial charge on any atom is 0.243 e. The van der Waals surface area contributed by atoms with Crippen LogP contribution >= 0.6 is 24.0 Å². The number of hydrogen-bond acceptors (Lipinski definition) is 3. The van der Waals surface area contributed by atoms with Gasteiger partial charge in [0.2, 0.25) is 10.0 Å².